The number of nitriles is 1. The van der Waals surface area contributed by atoms with Crippen molar-refractivity contribution in [2.75, 3.05) is 18.1 Å². The zero-order valence-corrected chi connectivity index (χ0v) is 20.1. The second-order valence-electron chi connectivity index (χ2n) is 8.31. The van der Waals surface area contributed by atoms with Gasteiger partial charge in [-0.3, -0.25) is 9.59 Å². The molecule has 1 aliphatic rings. The number of benzene rings is 2. The van der Waals surface area contributed by atoms with Crippen molar-refractivity contribution in [3.8, 4) is 6.07 Å². The van der Waals surface area contributed by atoms with Crippen molar-refractivity contribution in [2.24, 2.45) is 0 Å². The van der Waals surface area contributed by atoms with Gasteiger partial charge in [0.2, 0.25) is 5.91 Å². The lowest BCUT2D eigenvalue weighted by atomic mass is 9.87. The fraction of sp³-hybridized carbons (Fsp3) is 0.259. The van der Waals surface area contributed by atoms with Gasteiger partial charge in [-0.15, -0.1) is 0 Å². The van der Waals surface area contributed by atoms with E-state index >= 15 is 0 Å². The van der Waals surface area contributed by atoms with Crippen molar-refractivity contribution in [3.63, 3.8) is 0 Å². The Balaban J connectivity index is 1.46. The second kappa shape index (κ2) is 10.5. The molecule has 0 saturated carbocycles. The quantitative estimate of drug-likeness (QED) is 0.504. The highest BCUT2D eigenvalue weighted by atomic mass is 32.2. The highest BCUT2D eigenvalue weighted by Gasteiger charge is 2.27. The Morgan fingerprint density at radius 1 is 1.18 bits per heavy atom. The first-order valence-corrected chi connectivity index (χ1v) is 12.2. The molecule has 34 heavy (non-hydrogen) atoms. The minimum absolute atomic E-state index is 0.0130. The van der Waals surface area contributed by atoms with Gasteiger partial charge in [-0.2, -0.15) is 5.26 Å². The third kappa shape index (κ3) is 5.13. The number of nitrogens with zero attached hydrogens (tertiary/aromatic N) is 3. The lowest BCUT2D eigenvalue weighted by Crippen LogP contribution is -2.34. The smallest absolute Gasteiger partial charge is 0.257 e. The zero-order valence-electron chi connectivity index (χ0n) is 19.2. The van der Waals surface area contributed by atoms with Gasteiger partial charge >= 0.3 is 0 Å². The van der Waals surface area contributed by atoms with E-state index in [9.17, 15) is 14.9 Å². The Morgan fingerprint density at radius 3 is 2.68 bits per heavy atom. The van der Waals surface area contributed by atoms with Crippen LogP contribution in [0.25, 0.3) is 0 Å². The van der Waals surface area contributed by atoms with Crippen molar-refractivity contribution in [3.05, 3.63) is 88.6 Å². The molecular weight excluding hydrogens is 444 g/mol. The molecule has 2 aromatic carbocycles. The van der Waals surface area contributed by atoms with Crippen molar-refractivity contribution in [1.82, 2.24) is 9.88 Å². The summed E-state index contributed by atoms with van der Waals surface area (Å²) >= 11 is 1.24. The molecular formula is C27H26N4O2S. The van der Waals surface area contributed by atoms with E-state index < -0.39 is 0 Å². The van der Waals surface area contributed by atoms with Crippen LogP contribution in [-0.2, 0) is 11.2 Å². The minimum atomic E-state index is -0.323. The number of fused-ring (bicyclic) bond motifs is 1. The number of hydrogen-bond acceptors (Lipinski definition) is 5. The van der Waals surface area contributed by atoms with Gasteiger partial charge in [0.25, 0.3) is 5.91 Å². The maximum absolute atomic E-state index is 13.0. The fourth-order valence-electron chi connectivity index (χ4n) is 4.26. The first-order chi connectivity index (χ1) is 16.5. The second-order valence-corrected chi connectivity index (χ2v) is 9.27. The summed E-state index contributed by atoms with van der Waals surface area (Å²) in [4.78, 5) is 32.0. The van der Waals surface area contributed by atoms with E-state index in [0.29, 0.717) is 22.0 Å². The fourth-order valence-corrected chi connectivity index (χ4v) is 5.18. The molecule has 0 bridgehead atoms. The van der Waals surface area contributed by atoms with Crippen molar-refractivity contribution >= 4 is 29.3 Å². The Hall–Kier alpha value is -3.63. The number of nitrogens with one attached hydrogen (secondary N) is 1. The molecule has 172 valence electrons. The normalized spacial score (nSPS) is 14.6. The maximum atomic E-state index is 13.0. The molecule has 2 amide bonds. The van der Waals surface area contributed by atoms with Gasteiger partial charge in [0.05, 0.1) is 28.6 Å². The third-order valence-electron chi connectivity index (χ3n) is 6.11. The number of hydrogen-bond donors (Lipinski definition) is 1. The van der Waals surface area contributed by atoms with Crippen LogP contribution in [0.3, 0.4) is 0 Å². The standard InChI is InChI=1S/C27H26N4O2S/c1-18-23(26(33)30-21-11-4-3-5-12-21)15-20(16-28)27(29-18)34-17-25(32)31(2)24-14-8-10-19-9-6-7-13-22(19)24/h3-7,9,11-13,15,24H,8,10,14,17H2,1-2H3,(H,30,33). The third-order valence-corrected chi connectivity index (χ3v) is 7.08. The largest absolute Gasteiger partial charge is 0.338 e. The van der Waals surface area contributed by atoms with E-state index in [1.54, 1.807) is 25.1 Å². The summed E-state index contributed by atoms with van der Waals surface area (Å²) < 4.78 is 0. The molecule has 0 aliphatic heterocycles. The Kier molecular flexibility index (Phi) is 7.29. The molecule has 0 fully saturated rings. The van der Waals surface area contributed by atoms with Crippen LogP contribution in [0, 0.1) is 18.3 Å². The van der Waals surface area contributed by atoms with Crippen molar-refractivity contribution < 1.29 is 9.59 Å². The van der Waals surface area contributed by atoms with Crippen LogP contribution in [0.4, 0.5) is 5.69 Å². The molecule has 0 spiro atoms. The van der Waals surface area contributed by atoms with E-state index in [-0.39, 0.29) is 29.2 Å². The average molecular weight is 471 g/mol. The Morgan fingerprint density at radius 2 is 1.91 bits per heavy atom. The number of aryl methyl sites for hydroxylation is 2. The number of carbonyl (C=O) groups is 2. The molecule has 6 nitrogen and oxygen atoms in total. The molecule has 1 aliphatic carbocycles. The molecule has 0 saturated heterocycles. The lowest BCUT2D eigenvalue weighted by Gasteiger charge is -2.33. The molecule has 1 N–H and O–H groups in total. The number of amides is 2. The summed E-state index contributed by atoms with van der Waals surface area (Å²) in [5.41, 5.74) is 4.33. The summed E-state index contributed by atoms with van der Waals surface area (Å²) in [6.07, 6.45) is 3.04. The van der Waals surface area contributed by atoms with Crippen LogP contribution in [0.1, 0.15) is 51.6 Å². The topological polar surface area (TPSA) is 86.1 Å². The number of aromatic nitrogens is 1. The number of anilines is 1. The zero-order chi connectivity index (χ0) is 24.1. The van der Waals surface area contributed by atoms with Crippen LogP contribution < -0.4 is 5.32 Å². The van der Waals surface area contributed by atoms with Crippen LogP contribution in [0.15, 0.2) is 65.7 Å². The summed E-state index contributed by atoms with van der Waals surface area (Å²) in [5.74, 6) is -0.164. The van der Waals surface area contributed by atoms with E-state index in [2.05, 4.69) is 28.5 Å². The van der Waals surface area contributed by atoms with E-state index in [0.717, 1.165) is 19.3 Å². The van der Waals surface area contributed by atoms with Gasteiger partial charge in [-0.1, -0.05) is 54.2 Å². The lowest BCUT2D eigenvalue weighted by molar-refractivity contribution is -0.129. The summed E-state index contributed by atoms with van der Waals surface area (Å²) in [7, 11) is 1.84. The molecule has 4 rings (SSSR count). The summed E-state index contributed by atoms with van der Waals surface area (Å²) in [5, 5.41) is 12.9. The molecule has 3 aromatic rings. The molecule has 7 heteroatoms. The highest BCUT2D eigenvalue weighted by molar-refractivity contribution is 8.00. The number of para-hydroxylation sites is 1. The van der Waals surface area contributed by atoms with Crippen molar-refractivity contribution in [2.45, 2.75) is 37.3 Å². The van der Waals surface area contributed by atoms with Crippen LogP contribution in [0.2, 0.25) is 0 Å². The number of pyridine rings is 1. The monoisotopic (exact) mass is 470 g/mol. The van der Waals surface area contributed by atoms with Crippen LogP contribution in [-0.4, -0.2) is 34.5 Å². The van der Waals surface area contributed by atoms with Gasteiger partial charge < -0.3 is 10.2 Å². The first kappa shape index (κ1) is 23.5. The SMILES string of the molecule is Cc1nc(SCC(=O)N(C)C2CCCc3ccccc32)c(C#N)cc1C(=O)Nc1ccccc1. The predicted molar refractivity (Wildman–Crippen MR) is 134 cm³/mol. The summed E-state index contributed by atoms with van der Waals surface area (Å²) in [6.45, 7) is 1.73. The van der Waals surface area contributed by atoms with Crippen molar-refractivity contribution in [1.29, 1.82) is 5.26 Å². The van der Waals surface area contributed by atoms with Gasteiger partial charge in [0, 0.05) is 12.7 Å². The molecule has 1 heterocycles. The van der Waals surface area contributed by atoms with Crippen LogP contribution in [0.5, 0.6) is 0 Å². The van der Waals surface area contributed by atoms with E-state index in [1.165, 1.54) is 22.9 Å². The molecule has 1 atom stereocenters. The molecule has 0 radical (unpaired) electrons. The maximum Gasteiger partial charge on any atom is 0.257 e. The molecule has 1 aromatic heterocycles. The van der Waals surface area contributed by atoms with Gasteiger partial charge in [0.1, 0.15) is 11.1 Å². The molecule has 1 unspecified atom stereocenters. The summed E-state index contributed by atoms with van der Waals surface area (Å²) in [6, 6.07) is 21.2. The predicted octanol–water partition coefficient (Wildman–Crippen LogP) is 5.14. The van der Waals surface area contributed by atoms with Gasteiger partial charge in [0.15, 0.2) is 0 Å². The van der Waals surface area contributed by atoms with Gasteiger partial charge in [-0.05, 0) is 55.5 Å². The number of thioether (sulfide) groups is 1. The minimum Gasteiger partial charge on any atom is -0.338 e. The van der Waals surface area contributed by atoms with Gasteiger partial charge in [-0.25, -0.2) is 4.98 Å². The van der Waals surface area contributed by atoms with Crippen LogP contribution >= 0.6 is 11.8 Å². The Labute approximate surface area is 204 Å². The average Bonchev–Trinajstić information content (AvgIpc) is 2.87. The Bertz CT molecular complexity index is 1250. The first-order valence-electron chi connectivity index (χ1n) is 11.2. The van der Waals surface area contributed by atoms with E-state index in [4.69, 9.17) is 0 Å². The number of rotatable bonds is 6. The van der Waals surface area contributed by atoms with E-state index in [1.807, 2.05) is 42.3 Å². The highest BCUT2D eigenvalue weighted by Crippen LogP contribution is 2.34. The number of carbonyl (C=O) groups excluding carboxylic acids is 2.